The molecule has 0 aliphatic carbocycles. The fourth-order valence-electron chi connectivity index (χ4n) is 5.13. The van der Waals surface area contributed by atoms with Crippen LogP contribution in [0.25, 0.3) is 0 Å². The summed E-state index contributed by atoms with van der Waals surface area (Å²) in [7, 11) is 0. The standard InChI is InChI=1S/C30H31ClFN5O2/c1-22-19-35(15-16-38-22)13-14-36-20-29(24-4-2-3-23(17-24)18-32)37(30(36)34-21-33)26-7-11-28(12-8-26)39-27-9-5-25(31)6-10-27/h2-12,17,22,29H,13-16,18-20H2,1H3/b34-30+/t22-,29?/m0/s1. The van der Waals surface area contributed by atoms with Crippen molar-refractivity contribution in [3.63, 3.8) is 0 Å². The van der Waals surface area contributed by atoms with Crippen molar-refractivity contribution >= 4 is 23.2 Å². The highest BCUT2D eigenvalue weighted by Gasteiger charge is 2.38. The lowest BCUT2D eigenvalue weighted by molar-refractivity contribution is -0.0191. The Balaban J connectivity index is 1.42. The van der Waals surface area contributed by atoms with Crippen LogP contribution in [0.3, 0.4) is 0 Å². The molecular formula is C30H31ClFN5O2. The first-order valence-corrected chi connectivity index (χ1v) is 13.4. The van der Waals surface area contributed by atoms with Crippen LogP contribution in [0.4, 0.5) is 10.1 Å². The zero-order valence-corrected chi connectivity index (χ0v) is 22.6. The van der Waals surface area contributed by atoms with E-state index in [1.165, 1.54) is 0 Å². The normalized spacial score (nSPS) is 20.8. The number of morpholine rings is 1. The lowest BCUT2D eigenvalue weighted by Crippen LogP contribution is -2.45. The number of anilines is 1. The van der Waals surface area contributed by atoms with Crippen LogP contribution in [0.2, 0.25) is 5.02 Å². The molecule has 2 heterocycles. The Kier molecular flexibility index (Phi) is 8.62. The Labute approximate surface area is 233 Å². The smallest absolute Gasteiger partial charge is 0.217 e. The Hall–Kier alpha value is -3.64. The fraction of sp³-hybridized carbons (Fsp3) is 0.333. The van der Waals surface area contributed by atoms with Gasteiger partial charge >= 0.3 is 0 Å². The highest BCUT2D eigenvalue weighted by atomic mass is 35.5. The van der Waals surface area contributed by atoms with Gasteiger partial charge in [0.2, 0.25) is 12.2 Å². The molecule has 2 fully saturated rings. The molecule has 39 heavy (non-hydrogen) atoms. The lowest BCUT2D eigenvalue weighted by atomic mass is 10.0. The Morgan fingerprint density at radius 2 is 1.79 bits per heavy atom. The summed E-state index contributed by atoms with van der Waals surface area (Å²) in [6.07, 6.45) is 2.20. The molecule has 2 saturated heterocycles. The Morgan fingerprint density at radius 3 is 2.49 bits per heavy atom. The zero-order valence-electron chi connectivity index (χ0n) is 21.8. The predicted octanol–water partition coefficient (Wildman–Crippen LogP) is 6.02. The van der Waals surface area contributed by atoms with E-state index in [2.05, 4.69) is 26.6 Å². The number of rotatable bonds is 8. The zero-order chi connectivity index (χ0) is 27.2. The minimum absolute atomic E-state index is 0.143. The van der Waals surface area contributed by atoms with Gasteiger partial charge in [-0.2, -0.15) is 5.26 Å². The maximum absolute atomic E-state index is 13.6. The van der Waals surface area contributed by atoms with Crippen LogP contribution in [0, 0.1) is 11.5 Å². The van der Waals surface area contributed by atoms with Crippen molar-refractivity contribution in [2.24, 2.45) is 4.99 Å². The molecule has 2 atom stereocenters. The third-order valence-corrected chi connectivity index (χ3v) is 7.27. The maximum atomic E-state index is 13.6. The second-order valence-corrected chi connectivity index (χ2v) is 10.2. The molecule has 9 heteroatoms. The van der Waals surface area contributed by atoms with E-state index < -0.39 is 6.67 Å². The van der Waals surface area contributed by atoms with E-state index in [4.69, 9.17) is 21.1 Å². The molecule has 0 aromatic heterocycles. The van der Waals surface area contributed by atoms with Crippen molar-refractivity contribution in [2.45, 2.75) is 25.7 Å². The summed E-state index contributed by atoms with van der Waals surface area (Å²) in [5, 5.41) is 10.3. The van der Waals surface area contributed by atoms with Crippen LogP contribution in [0.1, 0.15) is 24.1 Å². The van der Waals surface area contributed by atoms with E-state index in [9.17, 15) is 9.65 Å². The molecule has 0 radical (unpaired) electrons. The molecule has 2 aliphatic rings. The Bertz CT molecular complexity index is 1330. The van der Waals surface area contributed by atoms with E-state index >= 15 is 0 Å². The topological polar surface area (TPSA) is 64.3 Å². The predicted molar refractivity (Wildman–Crippen MR) is 151 cm³/mol. The van der Waals surface area contributed by atoms with Gasteiger partial charge in [0.1, 0.15) is 18.2 Å². The van der Waals surface area contributed by atoms with Crippen LogP contribution in [-0.4, -0.2) is 61.2 Å². The van der Waals surface area contributed by atoms with Crippen molar-refractivity contribution in [1.82, 2.24) is 9.80 Å². The second kappa shape index (κ2) is 12.5. The highest BCUT2D eigenvalue weighted by Crippen LogP contribution is 2.36. The quantitative estimate of drug-likeness (QED) is 0.321. The average Bonchev–Trinajstić information content (AvgIpc) is 3.32. The minimum Gasteiger partial charge on any atom is -0.457 e. The van der Waals surface area contributed by atoms with Gasteiger partial charge in [0.25, 0.3) is 0 Å². The van der Waals surface area contributed by atoms with Gasteiger partial charge < -0.3 is 19.3 Å². The van der Waals surface area contributed by atoms with E-state index in [1.54, 1.807) is 18.2 Å². The summed E-state index contributed by atoms with van der Waals surface area (Å²) >= 11 is 5.99. The molecule has 0 N–H and O–H groups in total. The molecule has 0 bridgehead atoms. The summed E-state index contributed by atoms with van der Waals surface area (Å²) < 4.78 is 25.2. The molecule has 1 unspecified atom stereocenters. The van der Waals surface area contributed by atoms with Gasteiger partial charge in [-0.3, -0.25) is 4.90 Å². The number of guanidine groups is 1. The van der Waals surface area contributed by atoms with E-state index in [-0.39, 0.29) is 12.1 Å². The molecule has 3 aromatic rings. The van der Waals surface area contributed by atoms with Crippen molar-refractivity contribution in [3.8, 4) is 17.7 Å². The number of nitrogens with zero attached hydrogens (tertiary/aromatic N) is 5. The molecular weight excluding hydrogens is 517 g/mol. The van der Waals surface area contributed by atoms with Gasteiger partial charge in [-0.05, 0) is 66.6 Å². The molecule has 7 nitrogen and oxygen atoms in total. The van der Waals surface area contributed by atoms with Crippen LogP contribution in [0.5, 0.6) is 11.5 Å². The molecule has 0 saturated carbocycles. The molecule has 202 valence electrons. The molecule has 5 rings (SSSR count). The molecule has 0 spiro atoms. The van der Waals surface area contributed by atoms with Crippen molar-refractivity contribution in [3.05, 3.63) is 88.9 Å². The number of aliphatic imine (C=N–C) groups is 1. The van der Waals surface area contributed by atoms with Gasteiger partial charge in [0, 0.05) is 43.4 Å². The van der Waals surface area contributed by atoms with Crippen LogP contribution in [0.15, 0.2) is 77.8 Å². The maximum Gasteiger partial charge on any atom is 0.217 e. The summed E-state index contributed by atoms with van der Waals surface area (Å²) in [4.78, 5) is 10.9. The third kappa shape index (κ3) is 6.51. The van der Waals surface area contributed by atoms with Gasteiger partial charge in [-0.15, -0.1) is 4.99 Å². The van der Waals surface area contributed by atoms with Crippen LogP contribution in [-0.2, 0) is 11.4 Å². The first-order valence-electron chi connectivity index (χ1n) is 13.1. The number of halogens is 2. The minimum atomic E-state index is -0.532. The SMILES string of the molecule is C[C@H]1CN(CCN2CC(c3cccc(CF)c3)N(c3ccc(Oc4ccc(Cl)cc4)cc3)/C2=N/C#N)CCO1. The second-order valence-electron chi connectivity index (χ2n) is 9.75. The summed E-state index contributed by atoms with van der Waals surface area (Å²) in [6, 6.07) is 22.3. The number of hydrogen-bond acceptors (Lipinski definition) is 5. The van der Waals surface area contributed by atoms with Gasteiger partial charge in [-0.1, -0.05) is 35.9 Å². The highest BCUT2D eigenvalue weighted by molar-refractivity contribution is 6.30. The fourth-order valence-corrected chi connectivity index (χ4v) is 5.25. The number of benzene rings is 3. The average molecular weight is 548 g/mol. The number of nitriles is 1. The summed E-state index contributed by atoms with van der Waals surface area (Å²) in [5.74, 6) is 1.94. The first kappa shape index (κ1) is 26.9. The monoisotopic (exact) mass is 547 g/mol. The van der Waals surface area contributed by atoms with Crippen molar-refractivity contribution in [1.29, 1.82) is 5.26 Å². The van der Waals surface area contributed by atoms with E-state index in [1.807, 2.05) is 60.8 Å². The van der Waals surface area contributed by atoms with Crippen molar-refractivity contribution in [2.75, 3.05) is 44.2 Å². The lowest BCUT2D eigenvalue weighted by Gasteiger charge is -2.32. The summed E-state index contributed by atoms with van der Waals surface area (Å²) in [5.41, 5.74) is 2.46. The van der Waals surface area contributed by atoms with Gasteiger partial charge in [0.15, 0.2) is 0 Å². The number of ether oxygens (including phenoxy) is 2. The van der Waals surface area contributed by atoms with E-state index in [0.29, 0.717) is 41.1 Å². The van der Waals surface area contributed by atoms with Crippen molar-refractivity contribution < 1.29 is 13.9 Å². The van der Waals surface area contributed by atoms with Crippen LogP contribution >= 0.6 is 11.6 Å². The molecule has 0 amide bonds. The largest absolute Gasteiger partial charge is 0.457 e. The molecule has 2 aliphatic heterocycles. The van der Waals surface area contributed by atoms with Crippen LogP contribution < -0.4 is 9.64 Å². The number of hydrogen-bond donors (Lipinski definition) is 0. The Morgan fingerprint density at radius 1 is 1.05 bits per heavy atom. The molecule has 3 aromatic carbocycles. The van der Waals surface area contributed by atoms with Gasteiger partial charge in [0.05, 0.1) is 18.8 Å². The first-order chi connectivity index (χ1) is 19.0. The third-order valence-electron chi connectivity index (χ3n) is 7.02. The van der Waals surface area contributed by atoms with E-state index in [0.717, 1.165) is 37.5 Å². The summed E-state index contributed by atoms with van der Waals surface area (Å²) in [6.45, 7) is 6.19. The number of alkyl halides is 1. The van der Waals surface area contributed by atoms with Gasteiger partial charge in [-0.25, -0.2) is 4.39 Å².